The second-order valence-electron chi connectivity index (χ2n) is 6.27. The van der Waals surface area contributed by atoms with Gasteiger partial charge in [-0.05, 0) is 24.6 Å². The van der Waals surface area contributed by atoms with Gasteiger partial charge in [-0.15, -0.1) is 0 Å². The van der Waals surface area contributed by atoms with Crippen LogP contribution in [0, 0.1) is 0 Å². The summed E-state index contributed by atoms with van der Waals surface area (Å²) in [6.45, 7) is 5.60. The Kier molecular flexibility index (Phi) is 5.65. The molecule has 1 atom stereocenters. The molecule has 138 valence electrons. The summed E-state index contributed by atoms with van der Waals surface area (Å²) in [7, 11) is 0. The Labute approximate surface area is 151 Å². The Bertz CT molecular complexity index is 783. The molecule has 0 saturated carbocycles. The lowest BCUT2D eigenvalue weighted by molar-refractivity contribution is -0.140. The van der Waals surface area contributed by atoms with Crippen LogP contribution < -0.4 is 5.32 Å². The number of anilines is 1. The van der Waals surface area contributed by atoms with Crippen molar-refractivity contribution in [1.29, 1.82) is 0 Å². The molecule has 1 amide bonds. The quantitative estimate of drug-likeness (QED) is 0.814. The summed E-state index contributed by atoms with van der Waals surface area (Å²) < 4.78 is 6.61. The van der Waals surface area contributed by atoms with E-state index < -0.39 is 12.0 Å². The first-order valence-corrected chi connectivity index (χ1v) is 8.50. The van der Waals surface area contributed by atoms with Crippen molar-refractivity contribution in [2.24, 2.45) is 0 Å². The number of carboxylic acids is 1. The highest BCUT2D eigenvalue weighted by Crippen LogP contribution is 2.15. The number of carbonyl (C=O) groups excluding carboxylic acids is 1. The van der Waals surface area contributed by atoms with E-state index in [2.05, 4.69) is 15.3 Å². The van der Waals surface area contributed by atoms with E-state index in [1.807, 2.05) is 24.3 Å². The molecule has 0 spiro atoms. The van der Waals surface area contributed by atoms with Gasteiger partial charge >= 0.3 is 5.97 Å². The minimum Gasteiger partial charge on any atom is -0.480 e. The number of nitrogens with zero attached hydrogens (tertiary/aromatic N) is 3. The van der Waals surface area contributed by atoms with Crippen molar-refractivity contribution in [2.45, 2.75) is 19.5 Å². The van der Waals surface area contributed by atoms with Gasteiger partial charge < -0.3 is 15.2 Å². The van der Waals surface area contributed by atoms with Gasteiger partial charge in [0.25, 0.3) is 5.91 Å². The third-order valence-corrected chi connectivity index (χ3v) is 4.31. The van der Waals surface area contributed by atoms with Gasteiger partial charge in [0.1, 0.15) is 6.04 Å². The Balaban J connectivity index is 1.64. The summed E-state index contributed by atoms with van der Waals surface area (Å²) >= 11 is 0. The number of morpholine rings is 1. The van der Waals surface area contributed by atoms with Crippen molar-refractivity contribution in [1.82, 2.24) is 14.7 Å². The minimum atomic E-state index is -1.00. The van der Waals surface area contributed by atoms with Crippen molar-refractivity contribution < 1.29 is 19.4 Å². The molecule has 1 aromatic heterocycles. The smallest absolute Gasteiger partial charge is 0.328 e. The summed E-state index contributed by atoms with van der Waals surface area (Å²) in [4.78, 5) is 25.7. The number of carboxylic acid groups (broad SMARTS) is 1. The summed E-state index contributed by atoms with van der Waals surface area (Å²) in [5.74, 6) is -1.33. The average Bonchev–Trinajstić information content (AvgIpc) is 3.12. The van der Waals surface area contributed by atoms with Crippen LogP contribution in [0.25, 0.3) is 0 Å². The van der Waals surface area contributed by atoms with Crippen molar-refractivity contribution in [3.63, 3.8) is 0 Å². The molecular formula is C18H22N4O4. The number of ether oxygens (including phenoxy) is 1. The Morgan fingerprint density at radius 2 is 2.12 bits per heavy atom. The molecule has 26 heavy (non-hydrogen) atoms. The number of hydrogen-bond acceptors (Lipinski definition) is 5. The Morgan fingerprint density at radius 1 is 1.35 bits per heavy atom. The first kappa shape index (κ1) is 18.1. The molecule has 1 fully saturated rings. The van der Waals surface area contributed by atoms with E-state index in [-0.39, 0.29) is 5.91 Å². The fraction of sp³-hybridized carbons (Fsp3) is 0.389. The number of aliphatic carboxylic acids is 1. The molecule has 1 aliphatic rings. The lowest BCUT2D eigenvalue weighted by Gasteiger charge is -2.26. The molecule has 1 saturated heterocycles. The van der Waals surface area contributed by atoms with E-state index in [1.165, 1.54) is 24.0 Å². The van der Waals surface area contributed by atoms with Gasteiger partial charge in [0.2, 0.25) is 0 Å². The van der Waals surface area contributed by atoms with Crippen LogP contribution in [0.15, 0.2) is 36.7 Å². The molecule has 2 aromatic rings. The maximum Gasteiger partial charge on any atom is 0.328 e. The largest absolute Gasteiger partial charge is 0.480 e. The monoisotopic (exact) mass is 358 g/mol. The number of nitrogens with one attached hydrogen (secondary N) is 1. The van der Waals surface area contributed by atoms with E-state index in [9.17, 15) is 9.59 Å². The van der Waals surface area contributed by atoms with Gasteiger partial charge in [0.05, 0.1) is 25.0 Å². The molecule has 1 aliphatic heterocycles. The van der Waals surface area contributed by atoms with Crippen molar-refractivity contribution in [3.8, 4) is 0 Å². The van der Waals surface area contributed by atoms with Gasteiger partial charge in [-0.25, -0.2) is 4.79 Å². The third-order valence-electron chi connectivity index (χ3n) is 4.31. The first-order chi connectivity index (χ1) is 12.5. The molecule has 0 aliphatic carbocycles. The topological polar surface area (TPSA) is 96.7 Å². The second kappa shape index (κ2) is 8.11. The standard InChI is InChI=1S/C18H22N4O4/c1-13(18(24)25)22-12-15(10-19-22)17(23)20-16-4-2-3-14(9-16)11-21-5-7-26-8-6-21/h2-4,9-10,12-13H,5-8,11H2,1H3,(H,20,23)(H,24,25). The van der Waals surface area contributed by atoms with Gasteiger partial charge in [0.15, 0.2) is 0 Å². The van der Waals surface area contributed by atoms with Gasteiger partial charge in [-0.1, -0.05) is 12.1 Å². The lowest BCUT2D eigenvalue weighted by Crippen LogP contribution is -2.35. The molecule has 3 rings (SSSR count). The number of hydrogen-bond donors (Lipinski definition) is 2. The fourth-order valence-corrected chi connectivity index (χ4v) is 2.75. The molecule has 1 unspecified atom stereocenters. The number of benzene rings is 1. The van der Waals surface area contributed by atoms with Crippen molar-refractivity contribution >= 4 is 17.6 Å². The van der Waals surface area contributed by atoms with Crippen LogP contribution in [-0.4, -0.2) is 58.0 Å². The Hall–Kier alpha value is -2.71. The number of amides is 1. The highest BCUT2D eigenvalue weighted by Gasteiger charge is 2.17. The van der Waals surface area contributed by atoms with Crippen LogP contribution in [0.3, 0.4) is 0 Å². The summed E-state index contributed by atoms with van der Waals surface area (Å²) in [5.41, 5.74) is 2.12. The van der Waals surface area contributed by atoms with Crippen LogP contribution in [0.2, 0.25) is 0 Å². The predicted octanol–water partition coefficient (Wildman–Crippen LogP) is 1.61. The van der Waals surface area contributed by atoms with Crippen molar-refractivity contribution in [2.75, 3.05) is 31.6 Å². The third kappa shape index (κ3) is 4.47. The van der Waals surface area contributed by atoms with Crippen molar-refractivity contribution in [3.05, 3.63) is 47.8 Å². The SMILES string of the molecule is CC(C(=O)O)n1cc(C(=O)Nc2cccc(CN3CCOCC3)c2)cn1. The van der Waals surface area contributed by atoms with Crippen LogP contribution in [0.1, 0.15) is 28.9 Å². The van der Waals surface area contributed by atoms with E-state index >= 15 is 0 Å². The molecule has 0 bridgehead atoms. The Morgan fingerprint density at radius 3 is 2.85 bits per heavy atom. The maximum absolute atomic E-state index is 12.4. The van der Waals surface area contributed by atoms with E-state index in [0.717, 1.165) is 38.4 Å². The molecule has 2 heterocycles. The fourth-order valence-electron chi connectivity index (χ4n) is 2.75. The summed E-state index contributed by atoms with van der Waals surface area (Å²) in [6.07, 6.45) is 2.80. The number of carbonyl (C=O) groups is 2. The minimum absolute atomic E-state index is 0.316. The zero-order valence-electron chi connectivity index (χ0n) is 14.6. The summed E-state index contributed by atoms with van der Waals surface area (Å²) in [6, 6.07) is 6.87. The van der Waals surface area contributed by atoms with Crippen LogP contribution in [0.4, 0.5) is 5.69 Å². The van der Waals surface area contributed by atoms with Crippen LogP contribution in [0.5, 0.6) is 0 Å². The maximum atomic E-state index is 12.4. The number of aromatic nitrogens is 2. The molecule has 1 aromatic carbocycles. The molecule has 0 radical (unpaired) electrons. The molecular weight excluding hydrogens is 336 g/mol. The predicted molar refractivity (Wildman–Crippen MR) is 95.1 cm³/mol. The number of rotatable bonds is 6. The highest BCUT2D eigenvalue weighted by molar-refractivity contribution is 6.04. The molecule has 8 nitrogen and oxygen atoms in total. The van der Waals surface area contributed by atoms with E-state index in [1.54, 1.807) is 0 Å². The van der Waals surface area contributed by atoms with Gasteiger partial charge in [-0.2, -0.15) is 5.10 Å². The lowest BCUT2D eigenvalue weighted by atomic mass is 10.1. The van der Waals surface area contributed by atoms with Crippen LogP contribution in [-0.2, 0) is 16.1 Å². The summed E-state index contributed by atoms with van der Waals surface area (Å²) in [5, 5.41) is 15.8. The zero-order valence-corrected chi connectivity index (χ0v) is 14.6. The highest BCUT2D eigenvalue weighted by atomic mass is 16.5. The first-order valence-electron chi connectivity index (χ1n) is 8.50. The normalized spacial score (nSPS) is 16.2. The van der Waals surface area contributed by atoms with E-state index in [0.29, 0.717) is 11.3 Å². The van der Waals surface area contributed by atoms with E-state index in [4.69, 9.17) is 9.84 Å². The second-order valence-corrected chi connectivity index (χ2v) is 6.27. The average molecular weight is 358 g/mol. The zero-order chi connectivity index (χ0) is 18.5. The van der Waals surface area contributed by atoms with Crippen LogP contribution >= 0.6 is 0 Å². The molecule has 8 heteroatoms. The molecule has 2 N–H and O–H groups in total. The van der Waals surface area contributed by atoms with Gasteiger partial charge in [-0.3, -0.25) is 14.4 Å². The van der Waals surface area contributed by atoms with Gasteiger partial charge in [0, 0.05) is 31.5 Å².